The molecule has 0 aromatic carbocycles. The lowest BCUT2D eigenvalue weighted by Crippen LogP contribution is -3.16. The van der Waals surface area contributed by atoms with Gasteiger partial charge in [-0.2, -0.15) is 0 Å². The van der Waals surface area contributed by atoms with E-state index in [2.05, 4.69) is 13.8 Å². The van der Waals surface area contributed by atoms with Crippen LogP contribution in [-0.4, -0.2) is 25.1 Å². The Kier molecular flexibility index (Phi) is 18.8. The van der Waals surface area contributed by atoms with Crippen molar-refractivity contribution in [2.45, 2.75) is 130 Å². The fourth-order valence-corrected chi connectivity index (χ4v) is 4.12. The molecule has 2 atom stereocenters. The Morgan fingerprint density at radius 3 is 1.88 bits per heavy atom. The number of piperidine rings is 1. The van der Waals surface area contributed by atoms with E-state index in [9.17, 15) is 0 Å². The van der Waals surface area contributed by atoms with Gasteiger partial charge in [-0.05, 0) is 51.9 Å². The number of carbonyl (C=O) groups excluding carboxylic acids is 1. The Hall–Kier alpha value is -0.570. The van der Waals surface area contributed by atoms with Gasteiger partial charge in [0.1, 0.15) is 0 Å². The molecule has 0 aromatic heterocycles. The largest absolute Gasteiger partial charge is 0.550 e. The van der Waals surface area contributed by atoms with Crippen molar-refractivity contribution in [2.24, 2.45) is 0 Å². The van der Waals surface area contributed by atoms with Gasteiger partial charge < -0.3 is 14.8 Å². The fraction of sp³-hybridized carbons (Fsp3) is 0.957. The topological polar surface area (TPSA) is 44.6 Å². The molecule has 0 aliphatic carbocycles. The van der Waals surface area contributed by atoms with E-state index in [1.165, 1.54) is 116 Å². The maximum absolute atomic E-state index is 8.89. The first kappa shape index (κ1) is 25.4. The highest BCUT2D eigenvalue weighted by Gasteiger charge is 2.24. The molecule has 1 rings (SSSR count). The predicted molar refractivity (Wildman–Crippen MR) is 110 cm³/mol. The van der Waals surface area contributed by atoms with Crippen LogP contribution in [0, 0.1) is 0 Å². The summed E-state index contributed by atoms with van der Waals surface area (Å²) in [5, 5.41) is 8.89. The molecule has 1 fully saturated rings. The number of nitrogens with one attached hydrogen (secondary N) is 1. The second-order valence-corrected chi connectivity index (χ2v) is 8.17. The zero-order valence-electron chi connectivity index (χ0n) is 18.1. The van der Waals surface area contributed by atoms with Gasteiger partial charge in [0.15, 0.2) is 0 Å². The normalized spacial score (nSPS) is 19.7. The minimum absolute atomic E-state index is 0.972. The Morgan fingerprint density at radius 2 is 1.35 bits per heavy atom. The number of carboxylic acids is 1. The molecule has 0 aromatic rings. The molecule has 0 spiro atoms. The summed E-state index contributed by atoms with van der Waals surface area (Å²) < 4.78 is 0. The van der Waals surface area contributed by atoms with Crippen molar-refractivity contribution >= 4 is 5.97 Å². The minimum atomic E-state index is -1.08. The molecule has 26 heavy (non-hydrogen) atoms. The molecule has 1 aliphatic rings. The highest BCUT2D eigenvalue weighted by atomic mass is 16.4. The lowest BCUT2D eigenvalue weighted by molar-refractivity contribution is -0.931. The van der Waals surface area contributed by atoms with Crippen LogP contribution in [0.4, 0.5) is 0 Å². The SMILES string of the molecule is CC(=O)[O-].CCCCCCCCCCCC[NH+]1CCCCC1CCCC. The molecule has 1 saturated heterocycles. The number of hydrogen-bond donors (Lipinski definition) is 1. The number of carboxylic acid groups (broad SMARTS) is 1. The van der Waals surface area contributed by atoms with E-state index >= 15 is 0 Å². The van der Waals surface area contributed by atoms with E-state index in [-0.39, 0.29) is 0 Å². The van der Waals surface area contributed by atoms with Crippen molar-refractivity contribution in [1.29, 1.82) is 0 Å². The van der Waals surface area contributed by atoms with E-state index in [4.69, 9.17) is 9.90 Å². The summed E-state index contributed by atoms with van der Waals surface area (Å²) in [6.45, 7) is 8.54. The van der Waals surface area contributed by atoms with Crippen LogP contribution in [0.15, 0.2) is 0 Å². The Balaban J connectivity index is 0.00000141. The minimum Gasteiger partial charge on any atom is -0.550 e. The average Bonchev–Trinajstić information content (AvgIpc) is 2.62. The van der Waals surface area contributed by atoms with Crippen LogP contribution < -0.4 is 10.0 Å². The van der Waals surface area contributed by atoms with E-state index in [1.807, 2.05) is 4.90 Å². The highest BCUT2D eigenvalue weighted by molar-refractivity contribution is 5.60. The van der Waals surface area contributed by atoms with Gasteiger partial charge in [-0.3, -0.25) is 0 Å². The van der Waals surface area contributed by atoms with Crippen molar-refractivity contribution in [3.63, 3.8) is 0 Å². The summed E-state index contributed by atoms with van der Waals surface area (Å²) in [7, 11) is 0. The summed E-state index contributed by atoms with van der Waals surface area (Å²) in [6, 6.07) is 1.01. The lowest BCUT2D eigenvalue weighted by Gasteiger charge is -2.32. The zero-order valence-corrected chi connectivity index (χ0v) is 18.1. The molecule has 1 N–H and O–H groups in total. The maximum Gasteiger partial charge on any atom is 0.0874 e. The quantitative estimate of drug-likeness (QED) is 0.464. The molecule has 3 nitrogen and oxygen atoms in total. The van der Waals surface area contributed by atoms with Crippen molar-refractivity contribution in [3.8, 4) is 0 Å². The summed E-state index contributed by atoms with van der Waals surface area (Å²) in [5.41, 5.74) is 0. The number of hydrogen-bond acceptors (Lipinski definition) is 2. The first-order valence-corrected chi connectivity index (χ1v) is 11.6. The van der Waals surface area contributed by atoms with Crippen LogP contribution >= 0.6 is 0 Å². The first-order valence-electron chi connectivity index (χ1n) is 11.6. The van der Waals surface area contributed by atoms with Crippen LogP contribution in [0.3, 0.4) is 0 Å². The summed E-state index contributed by atoms with van der Waals surface area (Å²) in [6.07, 6.45) is 23.5. The molecule has 1 heterocycles. The van der Waals surface area contributed by atoms with Crippen molar-refractivity contribution in [3.05, 3.63) is 0 Å². The van der Waals surface area contributed by atoms with Gasteiger partial charge in [0, 0.05) is 5.97 Å². The second kappa shape index (κ2) is 19.2. The molecule has 0 radical (unpaired) electrons. The lowest BCUT2D eigenvalue weighted by atomic mass is 9.97. The van der Waals surface area contributed by atoms with E-state index < -0.39 is 5.97 Å². The third-order valence-electron chi connectivity index (χ3n) is 5.64. The predicted octanol–water partition coefficient (Wildman–Crippen LogP) is 4.29. The van der Waals surface area contributed by atoms with E-state index in [0.717, 1.165) is 13.0 Å². The summed E-state index contributed by atoms with van der Waals surface area (Å²) in [4.78, 5) is 10.8. The van der Waals surface area contributed by atoms with Crippen molar-refractivity contribution < 1.29 is 14.8 Å². The third kappa shape index (κ3) is 16.9. The molecule has 0 saturated carbocycles. The van der Waals surface area contributed by atoms with Gasteiger partial charge in [-0.1, -0.05) is 71.6 Å². The fourth-order valence-electron chi connectivity index (χ4n) is 4.12. The van der Waals surface area contributed by atoms with Crippen LogP contribution in [0.2, 0.25) is 0 Å². The van der Waals surface area contributed by atoms with Crippen LogP contribution in [-0.2, 0) is 4.79 Å². The van der Waals surface area contributed by atoms with Crippen LogP contribution in [0.1, 0.15) is 124 Å². The molecule has 0 amide bonds. The molecule has 156 valence electrons. The molecule has 3 heteroatoms. The number of unbranched alkanes of at least 4 members (excludes halogenated alkanes) is 10. The average molecular weight is 370 g/mol. The van der Waals surface area contributed by atoms with Gasteiger partial charge in [-0.15, -0.1) is 0 Å². The van der Waals surface area contributed by atoms with Gasteiger partial charge >= 0.3 is 0 Å². The Morgan fingerprint density at radius 1 is 0.846 bits per heavy atom. The van der Waals surface area contributed by atoms with Crippen molar-refractivity contribution in [2.75, 3.05) is 13.1 Å². The number of likely N-dealkylation sites (tertiary alicyclic amines) is 1. The number of aliphatic carboxylic acids is 1. The van der Waals surface area contributed by atoms with Gasteiger partial charge in [0.05, 0.1) is 19.1 Å². The number of carbonyl (C=O) groups is 1. The third-order valence-corrected chi connectivity index (χ3v) is 5.64. The summed E-state index contributed by atoms with van der Waals surface area (Å²) >= 11 is 0. The van der Waals surface area contributed by atoms with Crippen molar-refractivity contribution in [1.82, 2.24) is 0 Å². The first-order chi connectivity index (χ1) is 12.6. The Bertz CT molecular complexity index is 303. The molecule has 2 unspecified atom stereocenters. The van der Waals surface area contributed by atoms with E-state index in [1.54, 1.807) is 0 Å². The monoisotopic (exact) mass is 369 g/mol. The standard InChI is InChI=1S/C21H43N.C2H4O2/c1-3-5-7-8-9-10-11-12-13-15-19-22-20-16-14-18-21(22)17-6-4-2;1-2(3)4/h21H,3-20H2,1-2H3;1H3,(H,3,4). The van der Waals surface area contributed by atoms with Gasteiger partial charge in [0.2, 0.25) is 0 Å². The van der Waals surface area contributed by atoms with Crippen LogP contribution in [0.25, 0.3) is 0 Å². The molecular formula is C23H47NO2. The van der Waals surface area contributed by atoms with E-state index in [0.29, 0.717) is 0 Å². The molecule has 0 bridgehead atoms. The molecular weight excluding hydrogens is 322 g/mol. The summed E-state index contributed by atoms with van der Waals surface area (Å²) in [5.74, 6) is -1.08. The highest BCUT2D eigenvalue weighted by Crippen LogP contribution is 2.11. The number of rotatable bonds is 14. The van der Waals surface area contributed by atoms with Gasteiger partial charge in [-0.25, -0.2) is 0 Å². The Labute approximate surface area is 163 Å². The van der Waals surface area contributed by atoms with Gasteiger partial charge in [0.25, 0.3) is 0 Å². The number of quaternary nitrogens is 1. The molecule has 1 aliphatic heterocycles. The maximum atomic E-state index is 8.89. The smallest absolute Gasteiger partial charge is 0.0874 e. The zero-order chi connectivity index (χ0) is 19.5. The van der Waals surface area contributed by atoms with Crippen LogP contribution in [0.5, 0.6) is 0 Å². The second-order valence-electron chi connectivity index (χ2n) is 8.17.